The summed E-state index contributed by atoms with van der Waals surface area (Å²) in [5, 5.41) is 0. The maximum Gasteiger partial charge on any atom is 0.398 e. The molecule has 4 saturated carbocycles. The van der Waals surface area contributed by atoms with Gasteiger partial charge >= 0.3 is 12.1 Å². The van der Waals surface area contributed by atoms with E-state index in [9.17, 15) is 18.0 Å². The molecule has 4 aliphatic carbocycles. The van der Waals surface area contributed by atoms with E-state index in [1.165, 1.54) is 6.92 Å². The van der Waals surface area contributed by atoms with Gasteiger partial charge in [0.2, 0.25) is 0 Å². The van der Waals surface area contributed by atoms with Gasteiger partial charge in [-0.3, -0.25) is 0 Å². The van der Waals surface area contributed by atoms with E-state index in [-0.39, 0.29) is 0 Å². The summed E-state index contributed by atoms with van der Waals surface area (Å²) in [6, 6.07) is 0. The zero-order valence-corrected chi connectivity index (χ0v) is 12.9. The largest absolute Gasteiger partial charge is 0.462 e. The summed E-state index contributed by atoms with van der Waals surface area (Å²) in [5.41, 5.74) is -2.73. The normalized spacial score (nSPS) is 39.4. The predicted octanol–water partition coefficient (Wildman–Crippen LogP) is 4.50. The van der Waals surface area contributed by atoms with Gasteiger partial charge in [-0.15, -0.1) is 0 Å². The molecule has 0 aromatic carbocycles. The Hall–Kier alpha value is -1.00. The van der Waals surface area contributed by atoms with Gasteiger partial charge in [0, 0.05) is 6.08 Å². The molecule has 0 spiro atoms. The van der Waals surface area contributed by atoms with Crippen LogP contribution < -0.4 is 0 Å². The van der Waals surface area contributed by atoms with Gasteiger partial charge < -0.3 is 4.74 Å². The Kier molecular flexibility index (Phi) is 3.61. The van der Waals surface area contributed by atoms with Crippen molar-refractivity contribution in [3.63, 3.8) is 0 Å². The third kappa shape index (κ3) is 2.28. The summed E-state index contributed by atoms with van der Waals surface area (Å²) in [5.74, 6) is 0.481. The number of alkyl halides is 3. The SMILES string of the molecule is C=CC(=O)OCC(C)(C(F)(F)F)C12CC3CC(CC(C3)C1)C2. The predicted molar refractivity (Wildman–Crippen MR) is 75.9 cm³/mol. The molecule has 4 fully saturated rings. The number of hydrogen-bond donors (Lipinski definition) is 0. The van der Waals surface area contributed by atoms with E-state index in [1.54, 1.807) is 0 Å². The number of carbonyl (C=O) groups is 1. The fraction of sp³-hybridized carbons (Fsp3) is 0.824. The second kappa shape index (κ2) is 5.00. The van der Waals surface area contributed by atoms with Crippen LogP contribution in [0.4, 0.5) is 13.2 Å². The van der Waals surface area contributed by atoms with Crippen LogP contribution in [0.1, 0.15) is 45.4 Å². The lowest BCUT2D eigenvalue weighted by molar-refractivity contribution is -0.297. The van der Waals surface area contributed by atoms with Crippen LogP contribution in [-0.4, -0.2) is 18.8 Å². The highest BCUT2D eigenvalue weighted by Gasteiger charge is 2.68. The van der Waals surface area contributed by atoms with Crippen molar-refractivity contribution in [3.8, 4) is 0 Å². The van der Waals surface area contributed by atoms with Crippen molar-refractivity contribution in [2.75, 3.05) is 6.61 Å². The van der Waals surface area contributed by atoms with Crippen LogP contribution in [0.3, 0.4) is 0 Å². The van der Waals surface area contributed by atoms with Crippen LogP contribution >= 0.6 is 0 Å². The van der Waals surface area contributed by atoms with E-state index in [4.69, 9.17) is 4.74 Å². The summed E-state index contributed by atoms with van der Waals surface area (Å²) < 4.78 is 46.7. The Morgan fingerprint density at radius 2 is 1.64 bits per heavy atom. The molecule has 4 aliphatic rings. The van der Waals surface area contributed by atoms with Gasteiger partial charge in [-0.25, -0.2) is 4.79 Å². The lowest BCUT2D eigenvalue weighted by atomic mass is 9.43. The Labute approximate surface area is 129 Å². The van der Waals surface area contributed by atoms with E-state index in [0.29, 0.717) is 37.0 Å². The highest BCUT2D eigenvalue weighted by atomic mass is 19.4. The molecule has 0 saturated heterocycles. The summed E-state index contributed by atoms with van der Waals surface area (Å²) in [6.45, 7) is 3.93. The monoisotopic (exact) mass is 316 g/mol. The molecular weight excluding hydrogens is 293 g/mol. The molecular formula is C17H23F3O2. The number of hydrogen-bond acceptors (Lipinski definition) is 2. The van der Waals surface area contributed by atoms with Gasteiger partial charge in [0.1, 0.15) is 12.0 Å². The maximum absolute atomic E-state index is 14.0. The van der Waals surface area contributed by atoms with Gasteiger partial charge in [0.25, 0.3) is 0 Å². The Morgan fingerprint density at radius 3 is 2.00 bits per heavy atom. The third-order valence-corrected chi connectivity index (χ3v) is 6.50. The molecule has 0 N–H and O–H groups in total. The minimum absolute atomic E-state index is 0.419. The fourth-order valence-electron chi connectivity index (χ4n) is 5.60. The minimum atomic E-state index is -4.37. The molecule has 4 rings (SSSR count). The molecule has 0 aliphatic heterocycles. The molecule has 0 radical (unpaired) electrons. The highest BCUT2D eigenvalue weighted by molar-refractivity contribution is 5.81. The van der Waals surface area contributed by atoms with Crippen LogP contribution in [0, 0.1) is 28.6 Å². The standard InChI is InChI=1S/C17H23F3O2/c1-3-14(21)22-10-15(2,17(18,19)20)16-7-11-4-12(8-16)6-13(5-11)9-16/h3,11-13H,1,4-10H2,2H3. The van der Waals surface area contributed by atoms with Crippen molar-refractivity contribution in [2.24, 2.45) is 28.6 Å². The zero-order chi connectivity index (χ0) is 16.2. The van der Waals surface area contributed by atoms with Crippen molar-refractivity contribution in [1.29, 1.82) is 0 Å². The van der Waals surface area contributed by atoms with Crippen molar-refractivity contribution in [2.45, 2.75) is 51.6 Å². The van der Waals surface area contributed by atoms with Crippen LogP contribution in [-0.2, 0) is 9.53 Å². The Balaban J connectivity index is 1.92. The number of esters is 1. The van der Waals surface area contributed by atoms with E-state index >= 15 is 0 Å². The highest BCUT2D eigenvalue weighted by Crippen LogP contribution is 2.69. The second-order valence-corrected chi connectivity index (χ2v) is 7.84. The quantitative estimate of drug-likeness (QED) is 0.564. The van der Waals surface area contributed by atoms with Crippen molar-refractivity contribution < 1.29 is 22.7 Å². The summed E-state index contributed by atoms with van der Waals surface area (Å²) in [4.78, 5) is 11.3. The molecule has 2 nitrogen and oxygen atoms in total. The summed E-state index contributed by atoms with van der Waals surface area (Å²) >= 11 is 0. The Morgan fingerprint density at radius 1 is 1.18 bits per heavy atom. The first kappa shape index (κ1) is 15.9. The van der Waals surface area contributed by atoms with E-state index in [2.05, 4.69) is 6.58 Å². The summed E-state index contributed by atoms with van der Waals surface area (Å²) in [6.07, 6.45) is 1.68. The van der Waals surface area contributed by atoms with Crippen LogP contribution in [0.25, 0.3) is 0 Å². The first-order valence-corrected chi connectivity index (χ1v) is 8.05. The third-order valence-electron chi connectivity index (χ3n) is 6.50. The van der Waals surface area contributed by atoms with Crippen molar-refractivity contribution in [3.05, 3.63) is 12.7 Å². The van der Waals surface area contributed by atoms with Crippen LogP contribution in [0.2, 0.25) is 0 Å². The van der Waals surface area contributed by atoms with Gasteiger partial charge in [-0.2, -0.15) is 13.2 Å². The minimum Gasteiger partial charge on any atom is -0.462 e. The molecule has 22 heavy (non-hydrogen) atoms. The lowest BCUT2D eigenvalue weighted by Gasteiger charge is -2.62. The fourth-order valence-corrected chi connectivity index (χ4v) is 5.60. The van der Waals surface area contributed by atoms with Gasteiger partial charge in [0.15, 0.2) is 0 Å². The first-order chi connectivity index (χ1) is 10.2. The molecule has 1 atom stereocenters. The number of ether oxygens (including phenoxy) is 1. The topological polar surface area (TPSA) is 26.3 Å². The molecule has 1 unspecified atom stereocenters. The number of rotatable bonds is 4. The second-order valence-electron chi connectivity index (χ2n) is 7.84. The molecule has 124 valence electrons. The maximum atomic E-state index is 14.0. The van der Waals surface area contributed by atoms with Crippen LogP contribution in [0.15, 0.2) is 12.7 Å². The van der Waals surface area contributed by atoms with Crippen molar-refractivity contribution >= 4 is 5.97 Å². The first-order valence-electron chi connectivity index (χ1n) is 8.05. The van der Waals surface area contributed by atoms with Gasteiger partial charge in [0.05, 0.1) is 0 Å². The van der Waals surface area contributed by atoms with E-state index < -0.39 is 29.6 Å². The smallest absolute Gasteiger partial charge is 0.398 e. The average molecular weight is 316 g/mol. The van der Waals surface area contributed by atoms with Gasteiger partial charge in [-0.1, -0.05) is 6.58 Å². The lowest BCUT2D eigenvalue weighted by Crippen LogP contribution is -2.60. The molecule has 0 amide bonds. The molecule has 4 bridgehead atoms. The number of halogens is 3. The Bertz CT molecular complexity index is 448. The molecule has 5 heteroatoms. The van der Waals surface area contributed by atoms with E-state index in [0.717, 1.165) is 25.3 Å². The van der Waals surface area contributed by atoms with E-state index in [1.807, 2.05) is 0 Å². The molecule has 0 heterocycles. The average Bonchev–Trinajstić information content (AvgIpc) is 2.41. The summed E-state index contributed by atoms with van der Waals surface area (Å²) in [7, 11) is 0. The zero-order valence-electron chi connectivity index (χ0n) is 12.9. The van der Waals surface area contributed by atoms with Gasteiger partial charge in [-0.05, 0) is 68.6 Å². The number of carbonyl (C=O) groups excluding carboxylic acids is 1. The molecule has 0 aromatic rings. The van der Waals surface area contributed by atoms with Crippen molar-refractivity contribution in [1.82, 2.24) is 0 Å². The van der Waals surface area contributed by atoms with Crippen LogP contribution in [0.5, 0.6) is 0 Å². The molecule has 0 aromatic heterocycles.